The van der Waals surface area contributed by atoms with Crippen molar-refractivity contribution in [3.63, 3.8) is 0 Å². The van der Waals surface area contributed by atoms with Crippen molar-refractivity contribution in [3.05, 3.63) is 69.7 Å². The number of carbonyl (C=O) groups is 1. The fourth-order valence-corrected chi connectivity index (χ4v) is 2.06. The first-order chi connectivity index (χ1) is 10.0. The molecule has 4 nitrogen and oxygen atoms in total. The van der Waals surface area contributed by atoms with Gasteiger partial charge in [-0.3, -0.25) is 9.78 Å². The third-order valence-electron chi connectivity index (χ3n) is 3.11. The number of hydrogen-bond acceptors (Lipinski definition) is 3. The minimum atomic E-state index is -0.766. The van der Waals surface area contributed by atoms with E-state index in [2.05, 4.69) is 4.98 Å². The molecule has 1 N–H and O–H groups in total. The Morgan fingerprint density at radius 1 is 1.14 bits per heavy atom. The highest BCUT2D eigenvalue weighted by atomic mass is 19.1. The van der Waals surface area contributed by atoms with Crippen LogP contribution in [0.25, 0.3) is 11.1 Å². The Morgan fingerprint density at radius 2 is 1.95 bits per heavy atom. The average Bonchev–Trinajstić information content (AvgIpc) is 2.80. The topological polar surface area (TPSA) is 63.1 Å². The predicted molar refractivity (Wildman–Crippen MR) is 71.2 cm³/mol. The molecule has 106 valence electrons. The third kappa shape index (κ3) is 2.60. The van der Waals surface area contributed by atoms with E-state index in [1.807, 2.05) is 0 Å². The zero-order valence-electron chi connectivity index (χ0n) is 10.7. The molecule has 0 spiro atoms. The molecule has 2 aromatic carbocycles. The number of benzene rings is 2. The summed E-state index contributed by atoms with van der Waals surface area (Å²) >= 11 is 0. The number of hydrogen-bond donors (Lipinski definition) is 1. The van der Waals surface area contributed by atoms with Crippen LogP contribution in [0.4, 0.5) is 8.78 Å². The summed E-state index contributed by atoms with van der Waals surface area (Å²) in [5, 5.41) is 0. The minimum absolute atomic E-state index is 0.108. The summed E-state index contributed by atoms with van der Waals surface area (Å²) in [4.78, 5) is 25.6. The maximum absolute atomic E-state index is 13.5. The number of aromatic amines is 1. The zero-order valence-corrected chi connectivity index (χ0v) is 10.7. The summed E-state index contributed by atoms with van der Waals surface area (Å²) in [5.41, 5.74) is 1.13. The van der Waals surface area contributed by atoms with Gasteiger partial charge in [0.25, 0.3) is 0 Å². The highest BCUT2D eigenvalue weighted by molar-refractivity contribution is 5.99. The number of Topliss-reactive ketones (excluding diaryl/α,β-unsaturated/α-hetero) is 1. The average molecular weight is 289 g/mol. The van der Waals surface area contributed by atoms with Crippen LogP contribution in [0.5, 0.6) is 0 Å². The summed E-state index contributed by atoms with van der Waals surface area (Å²) < 4.78 is 31.2. The Bertz CT molecular complexity index is 895. The second-order valence-electron chi connectivity index (χ2n) is 4.56. The van der Waals surface area contributed by atoms with Crippen LogP contribution in [0.15, 0.2) is 45.6 Å². The van der Waals surface area contributed by atoms with Gasteiger partial charge in [-0.25, -0.2) is 13.6 Å². The second kappa shape index (κ2) is 4.97. The highest BCUT2D eigenvalue weighted by Gasteiger charge is 2.13. The molecule has 0 bridgehead atoms. The highest BCUT2D eigenvalue weighted by Crippen LogP contribution is 2.16. The molecular formula is C15H9F2NO3. The molecule has 0 amide bonds. The molecule has 1 heterocycles. The lowest BCUT2D eigenvalue weighted by atomic mass is 10.0. The number of ketones is 1. The standard InChI is InChI=1S/C15H9F2NO3/c16-10-3-1-8(11(17)7-10)5-13(19)9-2-4-12-14(6-9)21-15(20)18-12/h1-4,6-7H,5H2,(H,18,20). The number of nitrogens with one attached hydrogen (secondary N) is 1. The Hall–Kier alpha value is -2.76. The zero-order chi connectivity index (χ0) is 15.0. The summed E-state index contributed by atoms with van der Waals surface area (Å²) in [6.45, 7) is 0. The van der Waals surface area contributed by atoms with Crippen LogP contribution in [0.1, 0.15) is 15.9 Å². The molecule has 0 unspecified atom stereocenters. The van der Waals surface area contributed by atoms with Crippen molar-refractivity contribution in [2.75, 3.05) is 0 Å². The van der Waals surface area contributed by atoms with Crippen LogP contribution in [-0.2, 0) is 6.42 Å². The summed E-state index contributed by atoms with van der Waals surface area (Å²) in [7, 11) is 0. The first-order valence-corrected chi connectivity index (χ1v) is 6.13. The van der Waals surface area contributed by atoms with E-state index in [1.54, 1.807) is 0 Å². The minimum Gasteiger partial charge on any atom is -0.408 e. The Kier molecular flexibility index (Phi) is 3.13. The quantitative estimate of drug-likeness (QED) is 0.754. The summed E-state index contributed by atoms with van der Waals surface area (Å²) in [6, 6.07) is 7.53. The van der Waals surface area contributed by atoms with Gasteiger partial charge in [0.05, 0.1) is 5.52 Å². The van der Waals surface area contributed by atoms with Crippen molar-refractivity contribution in [2.24, 2.45) is 0 Å². The summed E-state index contributed by atoms with van der Waals surface area (Å²) in [6.07, 6.45) is -0.202. The maximum Gasteiger partial charge on any atom is 0.417 e. The first kappa shape index (κ1) is 13.2. The van der Waals surface area contributed by atoms with Gasteiger partial charge in [-0.05, 0) is 29.8 Å². The van der Waals surface area contributed by atoms with Crippen molar-refractivity contribution in [2.45, 2.75) is 6.42 Å². The fraction of sp³-hybridized carbons (Fsp3) is 0.0667. The molecule has 0 aliphatic rings. The monoisotopic (exact) mass is 289 g/mol. The molecule has 3 rings (SSSR count). The van der Waals surface area contributed by atoms with E-state index < -0.39 is 17.4 Å². The smallest absolute Gasteiger partial charge is 0.408 e. The van der Waals surface area contributed by atoms with Crippen LogP contribution in [-0.4, -0.2) is 10.8 Å². The molecule has 0 saturated heterocycles. The van der Waals surface area contributed by atoms with Gasteiger partial charge in [-0.2, -0.15) is 0 Å². The van der Waals surface area contributed by atoms with Gasteiger partial charge >= 0.3 is 5.76 Å². The van der Waals surface area contributed by atoms with Crippen LogP contribution in [0, 0.1) is 11.6 Å². The second-order valence-corrected chi connectivity index (χ2v) is 4.56. The van der Waals surface area contributed by atoms with Crippen LogP contribution in [0.2, 0.25) is 0 Å². The van der Waals surface area contributed by atoms with E-state index in [0.717, 1.165) is 12.1 Å². The van der Waals surface area contributed by atoms with Crippen molar-refractivity contribution in [1.82, 2.24) is 4.98 Å². The number of aromatic nitrogens is 1. The lowest BCUT2D eigenvalue weighted by Gasteiger charge is -2.03. The molecule has 0 atom stereocenters. The lowest BCUT2D eigenvalue weighted by molar-refractivity contribution is 0.0991. The van der Waals surface area contributed by atoms with E-state index >= 15 is 0 Å². The normalized spacial score (nSPS) is 11.0. The van der Waals surface area contributed by atoms with Crippen LogP contribution in [0.3, 0.4) is 0 Å². The number of rotatable bonds is 3. The predicted octanol–water partition coefficient (Wildman–Crippen LogP) is 2.82. The molecule has 0 aliphatic heterocycles. The molecule has 3 aromatic rings. The first-order valence-electron chi connectivity index (χ1n) is 6.13. The van der Waals surface area contributed by atoms with E-state index in [0.29, 0.717) is 5.52 Å². The molecule has 1 aromatic heterocycles. The lowest BCUT2D eigenvalue weighted by Crippen LogP contribution is -2.05. The number of oxazole rings is 1. The number of halogens is 2. The Balaban J connectivity index is 1.91. The molecule has 0 saturated carbocycles. The fourth-order valence-electron chi connectivity index (χ4n) is 2.06. The molecule has 0 fully saturated rings. The molecule has 0 radical (unpaired) electrons. The van der Waals surface area contributed by atoms with Gasteiger partial charge in [0, 0.05) is 18.1 Å². The van der Waals surface area contributed by atoms with Gasteiger partial charge in [-0.15, -0.1) is 0 Å². The van der Waals surface area contributed by atoms with E-state index in [4.69, 9.17) is 4.42 Å². The number of H-pyrrole nitrogens is 1. The largest absolute Gasteiger partial charge is 0.417 e. The number of fused-ring (bicyclic) bond motifs is 1. The van der Waals surface area contributed by atoms with Gasteiger partial charge < -0.3 is 4.42 Å². The van der Waals surface area contributed by atoms with Crippen molar-refractivity contribution in [3.8, 4) is 0 Å². The Morgan fingerprint density at radius 3 is 2.71 bits per heavy atom. The molecule has 6 heteroatoms. The Labute approximate surface area is 117 Å². The van der Waals surface area contributed by atoms with Crippen LogP contribution >= 0.6 is 0 Å². The van der Waals surface area contributed by atoms with E-state index in [1.165, 1.54) is 24.3 Å². The van der Waals surface area contributed by atoms with Crippen molar-refractivity contribution < 1.29 is 18.0 Å². The van der Waals surface area contributed by atoms with Gasteiger partial charge in [0.2, 0.25) is 0 Å². The maximum atomic E-state index is 13.5. The van der Waals surface area contributed by atoms with Gasteiger partial charge in [0.15, 0.2) is 11.4 Å². The SMILES string of the molecule is O=C(Cc1ccc(F)cc1F)c1ccc2[nH]c(=O)oc2c1. The van der Waals surface area contributed by atoms with E-state index in [-0.39, 0.29) is 28.9 Å². The van der Waals surface area contributed by atoms with E-state index in [9.17, 15) is 18.4 Å². The van der Waals surface area contributed by atoms with Crippen LogP contribution < -0.4 is 5.76 Å². The summed E-state index contributed by atoms with van der Waals surface area (Å²) in [5.74, 6) is -2.43. The number of carbonyl (C=O) groups excluding carboxylic acids is 1. The third-order valence-corrected chi connectivity index (χ3v) is 3.11. The molecule has 21 heavy (non-hydrogen) atoms. The molecular weight excluding hydrogens is 280 g/mol. The molecule has 0 aliphatic carbocycles. The van der Waals surface area contributed by atoms with Crippen molar-refractivity contribution in [1.29, 1.82) is 0 Å². The van der Waals surface area contributed by atoms with Gasteiger partial charge in [0.1, 0.15) is 11.6 Å². The van der Waals surface area contributed by atoms with Gasteiger partial charge in [-0.1, -0.05) is 6.07 Å². The van der Waals surface area contributed by atoms with Crippen molar-refractivity contribution >= 4 is 16.9 Å².